The quantitative estimate of drug-likeness (QED) is 0.317. The Bertz CT molecular complexity index is 591. The van der Waals surface area contributed by atoms with Gasteiger partial charge in [-0.05, 0) is 97.7 Å². The van der Waals surface area contributed by atoms with Gasteiger partial charge in [0, 0.05) is 5.38 Å². The van der Waals surface area contributed by atoms with Crippen LogP contribution in [0.1, 0.15) is 105 Å². The number of fused-ring (bicyclic) bond motifs is 5. The Balaban J connectivity index is 1.49. The third-order valence-electron chi connectivity index (χ3n) is 10.2. The van der Waals surface area contributed by atoms with E-state index in [1.807, 2.05) is 0 Å². The van der Waals surface area contributed by atoms with Crippen molar-refractivity contribution in [2.75, 3.05) is 0 Å². The number of alkyl halides is 1. The first-order valence-electron chi connectivity index (χ1n) is 12.6. The first-order valence-corrected chi connectivity index (χ1v) is 13.0. The van der Waals surface area contributed by atoms with Gasteiger partial charge in [0.25, 0.3) is 0 Å². The molecule has 0 unspecified atom stereocenters. The molecule has 28 heavy (non-hydrogen) atoms. The van der Waals surface area contributed by atoms with Crippen molar-refractivity contribution < 1.29 is 0 Å². The Morgan fingerprint density at radius 2 is 1.79 bits per heavy atom. The van der Waals surface area contributed by atoms with Gasteiger partial charge in [-0.15, -0.1) is 11.6 Å². The molecule has 0 nitrogen and oxygen atoms in total. The molecule has 3 saturated carbocycles. The van der Waals surface area contributed by atoms with Gasteiger partial charge in [0.1, 0.15) is 0 Å². The van der Waals surface area contributed by atoms with Crippen molar-refractivity contribution >= 4 is 11.6 Å². The molecule has 0 bridgehead atoms. The number of hydrogen-bond donors (Lipinski definition) is 0. The van der Waals surface area contributed by atoms with E-state index in [0.717, 1.165) is 35.5 Å². The van der Waals surface area contributed by atoms with E-state index >= 15 is 0 Å². The molecule has 0 aliphatic heterocycles. The highest BCUT2D eigenvalue weighted by molar-refractivity contribution is 6.20. The summed E-state index contributed by atoms with van der Waals surface area (Å²) in [5.74, 6) is 5.62. The fourth-order valence-corrected chi connectivity index (χ4v) is 8.92. The summed E-state index contributed by atoms with van der Waals surface area (Å²) in [4.78, 5) is 0. The van der Waals surface area contributed by atoms with Crippen molar-refractivity contribution in [3.8, 4) is 0 Å². The van der Waals surface area contributed by atoms with Gasteiger partial charge < -0.3 is 0 Å². The van der Waals surface area contributed by atoms with Crippen molar-refractivity contribution in [3.05, 3.63) is 11.6 Å². The second-order valence-electron chi connectivity index (χ2n) is 12.1. The fraction of sp³-hybridized carbons (Fsp3) is 0.926. The Morgan fingerprint density at radius 3 is 2.54 bits per heavy atom. The van der Waals surface area contributed by atoms with Crippen LogP contribution in [0.5, 0.6) is 0 Å². The van der Waals surface area contributed by atoms with Crippen LogP contribution in [0.3, 0.4) is 0 Å². The predicted octanol–water partition coefficient (Wildman–Crippen LogP) is 8.64. The van der Waals surface area contributed by atoms with Crippen LogP contribution in [0.15, 0.2) is 11.6 Å². The zero-order valence-electron chi connectivity index (χ0n) is 19.3. The van der Waals surface area contributed by atoms with Crippen LogP contribution < -0.4 is 0 Å². The Morgan fingerprint density at radius 1 is 1.00 bits per heavy atom. The van der Waals surface area contributed by atoms with Crippen molar-refractivity contribution in [2.24, 2.45) is 46.3 Å². The van der Waals surface area contributed by atoms with E-state index in [2.05, 4.69) is 40.7 Å². The minimum atomic E-state index is 0.396. The summed E-state index contributed by atoms with van der Waals surface area (Å²) in [6, 6.07) is 0. The van der Waals surface area contributed by atoms with Gasteiger partial charge in [0.2, 0.25) is 0 Å². The molecule has 4 aliphatic rings. The maximum absolute atomic E-state index is 6.56. The molecule has 0 spiro atoms. The molecule has 4 aliphatic carbocycles. The van der Waals surface area contributed by atoms with E-state index in [-0.39, 0.29) is 0 Å². The fourth-order valence-electron chi connectivity index (χ4n) is 8.64. The Labute approximate surface area is 180 Å². The summed E-state index contributed by atoms with van der Waals surface area (Å²) in [5.41, 5.74) is 2.82. The highest BCUT2D eigenvalue weighted by atomic mass is 35.5. The third-order valence-corrected chi connectivity index (χ3v) is 10.6. The molecule has 1 heteroatoms. The first-order chi connectivity index (χ1) is 13.3. The molecule has 8 atom stereocenters. The summed E-state index contributed by atoms with van der Waals surface area (Å²) < 4.78 is 0. The zero-order valence-corrected chi connectivity index (χ0v) is 20.0. The first kappa shape index (κ1) is 21.3. The molecule has 0 aromatic heterocycles. The van der Waals surface area contributed by atoms with Crippen molar-refractivity contribution in [1.29, 1.82) is 0 Å². The lowest BCUT2D eigenvalue weighted by atomic mass is 9.47. The SMILES string of the molecule is CC(C)CCC[C@@H](C)[C@@H]1CC[C@@H]2[C@H]3CC=C4C[C@@H](Cl)CC[C@]4(C)[C@@H]3CC[C@@]21C. The number of rotatable bonds is 5. The highest BCUT2D eigenvalue weighted by Crippen LogP contribution is 2.67. The van der Waals surface area contributed by atoms with Crippen molar-refractivity contribution in [3.63, 3.8) is 0 Å². The second-order valence-corrected chi connectivity index (χ2v) is 12.7. The van der Waals surface area contributed by atoms with Gasteiger partial charge in [-0.3, -0.25) is 0 Å². The van der Waals surface area contributed by atoms with Gasteiger partial charge >= 0.3 is 0 Å². The lowest BCUT2D eigenvalue weighted by Gasteiger charge is -2.58. The molecule has 0 aromatic rings. The van der Waals surface area contributed by atoms with Gasteiger partial charge in [-0.2, -0.15) is 0 Å². The van der Waals surface area contributed by atoms with Crippen molar-refractivity contribution in [2.45, 2.75) is 111 Å². The lowest BCUT2D eigenvalue weighted by Crippen LogP contribution is -2.50. The topological polar surface area (TPSA) is 0 Å². The van der Waals surface area contributed by atoms with Crippen LogP contribution in [0.4, 0.5) is 0 Å². The summed E-state index contributed by atoms with van der Waals surface area (Å²) in [5, 5.41) is 0.396. The molecule has 160 valence electrons. The van der Waals surface area contributed by atoms with E-state index < -0.39 is 0 Å². The zero-order chi connectivity index (χ0) is 20.1. The molecule has 3 fully saturated rings. The van der Waals surface area contributed by atoms with E-state index in [1.54, 1.807) is 5.57 Å². The number of allylic oxidation sites excluding steroid dienone is 2. The molecular formula is C27H45Cl. The smallest absolute Gasteiger partial charge is 0.0373 e. The Kier molecular flexibility index (Phi) is 6.03. The summed E-state index contributed by atoms with van der Waals surface area (Å²) in [6.07, 6.45) is 18.0. The molecule has 0 radical (unpaired) electrons. The third kappa shape index (κ3) is 3.52. The predicted molar refractivity (Wildman–Crippen MR) is 123 cm³/mol. The minimum Gasteiger partial charge on any atom is -0.123 e. The van der Waals surface area contributed by atoms with E-state index in [9.17, 15) is 0 Å². The molecule has 0 aromatic carbocycles. The van der Waals surface area contributed by atoms with Gasteiger partial charge in [-0.25, -0.2) is 0 Å². The van der Waals surface area contributed by atoms with Crippen molar-refractivity contribution in [1.82, 2.24) is 0 Å². The van der Waals surface area contributed by atoms with E-state index in [1.165, 1.54) is 70.6 Å². The molecule has 0 amide bonds. The average molecular weight is 405 g/mol. The van der Waals surface area contributed by atoms with Crippen LogP contribution in [0.2, 0.25) is 0 Å². The normalized spacial score (nSPS) is 46.5. The highest BCUT2D eigenvalue weighted by Gasteiger charge is 2.58. The van der Waals surface area contributed by atoms with Gasteiger partial charge in [-0.1, -0.05) is 65.5 Å². The second kappa shape index (κ2) is 7.94. The molecule has 0 heterocycles. The largest absolute Gasteiger partial charge is 0.123 e. The van der Waals surface area contributed by atoms with Gasteiger partial charge in [0.15, 0.2) is 0 Å². The van der Waals surface area contributed by atoms with Crippen LogP contribution in [0, 0.1) is 46.3 Å². The van der Waals surface area contributed by atoms with Crippen LogP contribution >= 0.6 is 11.6 Å². The summed E-state index contributed by atoms with van der Waals surface area (Å²) in [6.45, 7) is 12.7. The van der Waals surface area contributed by atoms with Gasteiger partial charge in [0.05, 0.1) is 0 Å². The average Bonchev–Trinajstić information content (AvgIpc) is 2.99. The monoisotopic (exact) mass is 404 g/mol. The molecule has 4 rings (SSSR count). The van der Waals surface area contributed by atoms with Crippen LogP contribution in [0.25, 0.3) is 0 Å². The molecular weight excluding hydrogens is 360 g/mol. The summed E-state index contributed by atoms with van der Waals surface area (Å²) >= 11 is 6.56. The number of hydrogen-bond acceptors (Lipinski definition) is 0. The van der Waals surface area contributed by atoms with E-state index in [0.29, 0.717) is 16.2 Å². The van der Waals surface area contributed by atoms with Crippen LogP contribution in [-0.2, 0) is 0 Å². The molecule has 0 saturated heterocycles. The Hall–Kier alpha value is 0.0300. The summed E-state index contributed by atoms with van der Waals surface area (Å²) in [7, 11) is 0. The minimum absolute atomic E-state index is 0.396. The maximum atomic E-state index is 6.56. The van der Waals surface area contributed by atoms with Crippen LogP contribution in [-0.4, -0.2) is 5.38 Å². The number of halogens is 1. The lowest BCUT2D eigenvalue weighted by molar-refractivity contribution is -0.0498. The van der Waals surface area contributed by atoms with E-state index in [4.69, 9.17) is 11.6 Å². The standard InChI is InChI=1S/C27H45Cl/c1-18(2)7-6-8-19(3)23-11-12-24-22-10-9-20-17-21(28)13-15-26(20,4)25(22)14-16-27(23,24)5/h9,18-19,21-25H,6-8,10-17H2,1-5H3/t19-,21+,22-,23+,24-,25-,26+,27-/m1/s1. The maximum Gasteiger partial charge on any atom is 0.0373 e. The molecule has 0 N–H and O–H groups in total.